The van der Waals surface area contributed by atoms with E-state index in [1.807, 2.05) is 49.4 Å². The Balaban J connectivity index is 2.01. The number of rotatable bonds is 3. The number of aliphatic hydroxyl groups is 2. The van der Waals surface area contributed by atoms with E-state index >= 15 is 0 Å². The molecule has 0 fully saturated rings. The summed E-state index contributed by atoms with van der Waals surface area (Å²) >= 11 is 1.34. The predicted octanol–water partition coefficient (Wildman–Crippen LogP) is 3.12. The fourth-order valence-electron chi connectivity index (χ4n) is 3.06. The molecular formula is C18H18O5S. The zero-order chi connectivity index (χ0) is 17.3. The largest absolute Gasteiger partial charge is 0.390 e. The number of thiophene rings is 1. The summed E-state index contributed by atoms with van der Waals surface area (Å²) in [5.74, 6) is -1.60. The van der Waals surface area contributed by atoms with Crippen LogP contribution in [0.3, 0.4) is 0 Å². The minimum absolute atomic E-state index is 0.0208. The van der Waals surface area contributed by atoms with E-state index in [1.165, 1.54) is 11.3 Å². The summed E-state index contributed by atoms with van der Waals surface area (Å²) in [6, 6.07) is 9.78. The van der Waals surface area contributed by atoms with E-state index in [1.54, 1.807) is 0 Å². The summed E-state index contributed by atoms with van der Waals surface area (Å²) in [5, 5.41) is 29.0. The molecule has 3 N–H and O–H groups in total. The minimum atomic E-state index is -1.06. The average molecular weight is 346 g/mol. The van der Waals surface area contributed by atoms with Crippen molar-refractivity contribution in [2.75, 3.05) is 0 Å². The third kappa shape index (κ3) is 3.01. The van der Waals surface area contributed by atoms with E-state index in [0.717, 1.165) is 16.0 Å². The molecule has 5 nitrogen and oxygen atoms in total. The highest BCUT2D eigenvalue weighted by Gasteiger charge is 2.40. The summed E-state index contributed by atoms with van der Waals surface area (Å²) < 4.78 is 0. The number of aliphatic hydroxyl groups excluding tert-OH is 2. The highest BCUT2D eigenvalue weighted by Crippen LogP contribution is 2.46. The van der Waals surface area contributed by atoms with Crippen LogP contribution in [0.5, 0.6) is 0 Å². The maximum Gasteiger partial charge on any atom is 0.349 e. The third-order valence-corrected chi connectivity index (χ3v) is 5.66. The van der Waals surface area contributed by atoms with Gasteiger partial charge in [0.25, 0.3) is 0 Å². The SMILES string of the molecule is Cc1c(C=Cc2ccccc2)sc2c1[C@H](C(=O)OO)C[C@@H](O)[C@@H]2O. The molecule has 1 heterocycles. The molecule has 3 rings (SSSR count). The second-order valence-electron chi connectivity index (χ2n) is 5.82. The van der Waals surface area contributed by atoms with Crippen molar-refractivity contribution in [3.05, 3.63) is 56.8 Å². The van der Waals surface area contributed by atoms with E-state index in [2.05, 4.69) is 4.89 Å². The van der Waals surface area contributed by atoms with E-state index in [-0.39, 0.29) is 6.42 Å². The Kier molecular flexibility index (Phi) is 4.82. The van der Waals surface area contributed by atoms with Crippen LogP contribution in [0.15, 0.2) is 30.3 Å². The Hall–Kier alpha value is -1.99. The molecule has 1 aromatic carbocycles. The molecule has 0 aliphatic heterocycles. The molecule has 0 saturated carbocycles. The molecule has 0 spiro atoms. The second-order valence-corrected chi connectivity index (χ2v) is 6.91. The van der Waals surface area contributed by atoms with Gasteiger partial charge in [0.15, 0.2) is 0 Å². The Morgan fingerprint density at radius 2 is 1.96 bits per heavy atom. The molecule has 1 aromatic heterocycles. The zero-order valence-corrected chi connectivity index (χ0v) is 13.9. The lowest BCUT2D eigenvalue weighted by Crippen LogP contribution is -2.31. The van der Waals surface area contributed by atoms with E-state index in [0.29, 0.717) is 10.4 Å². The van der Waals surface area contributed by atoms with Crippen molar-refractivity contribution in [2.24, 2.45) is 0 Å². The average Bonchev–Trinajstić information content (AvgIpc) is 2.93. The van der Waals surface area contributed by atoms with Gasteiger partial charge in [-0.15, -0.1) is 11.3 Å². The molecule has 2 aromatic rings. The van der Waals surface area contributed by atoms with Gasteiger partial charge < -0.3 is 15.1 Å². The molecule has 0 unspecified atom stereocenters. The molecular weight excluding hydrogens is 328 g/mol. The lowest BCUT2D eigenvalue weighted by Gasteiger charge is -2.28. The first-order valence-corrected chi connectivity index (χ1v) is 8.42. The normalized spacial score (nSPS) is 23.2. The quantitative estimate of drug-likeness (QED) is 0.587. The molecule has 0 radical (unpaired) electrons. The zero-order valence-electron chi connectivity index (χ0n) is 13.0. The molecule has 0 bridgehead atoms. The fraction of sp³-hybridized carbons (Fsp3) is 0.278. The lowest BCUT2D eigenvalue weighted by atomic mass is 9.82. The molecule has 6 heteroatoms. The lowest BCUT2D eigenvalue weighted by molar-refractivity contribution is -0.237. The molecule has 0 saturated heterocycles. The van der Waals surface area contributed by atoms with Gasteiger partial charge in [0.1, 0.15) is 6.10 Å². The standard InChI is InChI=1S/C18H18O5S/c1-10-14(8-7-11-5-3-2-4-6-11)24-17-15(10)12(18(21)23-22)9-13(19)16(17)20/h2-8,12-13,16,19-20,22H,9H2,1H3/t12-,13-,16+/m1/s1. The van der Waals surface area contributed by atoms with Crippen LogP contribution in [0.1, 0.15) is 44.9 Å². The molecule has 0 amide bonds. The molecule has 1 aliphatic rings. The highest BCUT2D eigenvalue weighted by molar-refractivity contribution is 7.13. The minimum Gasteiger partial charge on any atom is -0.390 e. The van der Waals surface area contributed by atoms with Crippen LogP contribution >= 0.6 is 11.3 Å². The van der Waals surface area contributed by atoms with Crippen LogP contribution in [-0.2, 0) is 9.68 Å². The van der Waals surface area contributed by atoms with Gasteiger partial charge in [0.05, 0.1) is 12.0 Å². The van der Waals surface area contributed by atoms with Crippen LogP contribution in [0.25, 0.3) is 12.2 Å². The van der Waals surface area contributed by atoms with Crippen molar-refractivity contribution in [3.8, 4) is 0 Å². The second kappa shape index (κ2) is 6.86. The first-order valence-electron chi connectivity index (χ1n) is 7.60. The Morgan fingerprint density at radius 3 is 2.62 bits per heavy atom. The molecule has 24 heavy (non-hydrogen) atoms. The maximum absolute atomic E-state index is 11.8. The fourth-order valence-corrected chi connectivity index (χ4v) is 4.38. The van der Waals surface area contributed by atoms with Gasteiger partial charge in [0.2, 0.25) is 0 Å². The Labute approximate surface area is 143 Å². The van der Waals surface area contributed by atoms with Crippen LogP contribution in [0.4, 0.5) is 0 Å². The van der Waals surface area contributed by atoms with Crippen molar-refractivity contribution in [3.63, 3.8) is 0 Å². The van der Waals surface area contributed by atoms with Crippen molar-refractivity contribution in [2.45, 2.75) is 31.5 Å². The van der Waals surface area contributed by atoms with Gasteiger partial charge in [-0.3, -0.25) is 0 Å². The van der Waals surface area contributed by atoms with Crippen molar-refractivity contribution >= 4 is 29.5 Å². The maximum atomic E-state index is 11.8. The number of hydrogen-bond donors (Lipinski definition) is 3. The topological polar surface area (TPSA) is 87.0 Å². The smallest absolute Gasteiger partial charge is 0.349 e. The highest BCUT2D eigenvalue weighted by atomic mass is 32.1. The number of benzene rings is 1. The number of hydrogen-bond acceptors (Lipinski definition) is 6. The Morgan fingerprint density at radius 1 is 1.25 bits per heavy atom. The molecule has 3 atom stereocenters. The van der Waals surface area contributed by atoms with Crippen molar-refractivity contribution in [1.29, 1.82) is 0 Å². The first-order chi connectivity index (χ1) is 11.5. The van der Waals surface area contributed by atoms with E-state index < -0.39 is 24.1 Å². The first kappa shape index (κ1) is 16.9. The van der Waals surface area contributed by atoms with E-state index in [9.17, 15) is 15.0 Å². The summed E-state index contributed by atoms with van der Waals surface area (Å²) in [6.07, 6.45) is 1.80. The predicted molar refractivity (Wildman–Crippen MR) is 91.5 cm³/mol. The Bertz CT molecular complexity index is 765. The summed E-state index contributed by atoms with van der Waals surface area (Å²) in [4.78, 5) is 17.2. The van der Waals surface area contributed by atoms with Crippen LogP contribution < -0.4 is 0 Å². The van der Waals surface area contributed by atoms with Crippen molar-refractivity contribution < 1.29 is 25.2 Å². The van der Waals surface area contributed by atoms with Gasteiger partial charge in [-0.25, -0.2) is 4.79 Å². The van der Waals surface area contributed by atoms with Gasteiger partial charge in [-0.05, 0) is 36.1 Å². The third-order valence-electron chi connectivity index (χ3n) is 4.32. The number of carbonyl (C=O) groups excluding carboxylic acids is 1. The van der Waals surface area contributed by atoms with Gasteiger partial charge in [-0.1, -0.05) is 36.4 Å². The monoisotopic (exact) mass is 346 g/mol. The molecule has 126 valence electrons. The van der Waals surface area contributed by atoms with E-state index in [4.69, 9.17) is 5.26 Å². The summed E-state index contributed by atoms with van der Waals surface area (Å²) in [5.41, 5.74) is 2.53. The van der Waals surface area contributed by atoms with Crippen LogP contribution in [0.2, 0.25) is 0 Å². The van der Waals surface area contributed by atoms with Gasteiger partial charge in [0, 0.05) is 9.75 Å². The number of carbonyl (C=O) groups is 1. The molecule has 1 aliphatic carbocycles. The van der Waals surface area contributed by atoms with Crippen molar-refractivity contribution in [1.82, 2.24) is 0 Å². The number of fused-ring (bicyclic) bond motifs is 1. The van der Waals surface area contributed by atoms with Crippen LogP contribution in [0, 0.1) is 6.92 Å². The summed E-state index contributed by atoms with van der Waals surface area (Å²) in [6.45, 7) is 1.86. The van der Waals surface area contributed by atoms with Gasteiger partial charge in [-0.2, -0.15) is 5.26 Å². The van der Waals surface area contributed by atoms with Crippen LogP contribution in [-0.4, -0.2) is 27.5 Å². The summed E-state index contributed by atoms with van der Waals surface area (Å²) in [7, 11) is 0. The van der Waals surface area contributed by atoms with Gasteiger partial charge >= 0.3 is 5.97 Å².